The van der Waals surface area contributed by atoms with E-state index in [0.29, 0.717) is 11.3 Å². The Balaban J connectivity index is 0.00000180. The van der Waals surface area contributed by atoms with Crippen LogP contribution >= 0.6 is 40.1 Å². The summed E-state index contributed by atoms with van der Waals surface area (Å²) in [5.74, 6) is 1.20. The van der Waals surface area contributed by atoms with E-state index < -0.39 is 0 Å². The molecular weight excluding hydrogens is 352 g/mol. The largest absolute Gasteiger partial charge is 0.496 e. The predicted molar refractivity (Wildman–Crippen MR) is 85.0 cm³/mol. The van der Waals surface area contributed by atoms with Crippen LogP contribution in [0.4, 0.5) is 0 Å². The van der Waals surface area contributed by atoms with Gasteiger partial charge in [0.15, 0.2) is 11.0 Å². The number of aliphatic imine (C=N–C) groups is 1. The van der Waals surface area contributed by atoms with Crippen molar-refractivity contribution in [3.05, 3.63) is 28.2 Å². The standard InChI is InChI=1S/C12H13BrN2O2S.ClH/c1-17-11-3-2-8(6-9(11)13)10(16)7-18-12-14-4-5-15-12;/h2-3,6H,4-5,7H2,1H3,(H,14,15);1H. The number of amidine groups is 1. The first-order valence-corrected chi connectivity index (χ1v) is 7.26. The molecule has 104 valence electrons. The average Bonchev–Trinajstić information content (AvgIpc) is 2.89. The monoisotopic (exact) mass is 364 g/mol. The molecule has 0 radical (unpaired) electrons. The maximum atomic E-state index is 12.0. The van der Waals surface area contributed by atoms with Crippen LogP contribution in [-0.4, -0.2) is 36.9 Å². The van der Waals surface area contributed by atoms with E-state index in [2.05, 4.69) is 26.2 Å². The zero-order valence-corrected chi connectivity index (χ0v) is 13.5. The van der Waals surface area contributed by atoms with Crippen molar-refractivity contribution in [2.45, 2.75) is 0 Å². The van der Waals surface area contributed by atoms with Crippen LogP contribution in [0.15, 0.2) is 27.7 Å². The number of carbonyl (C=O) groups is 1. The lowest BCUT2D eigenvalue weighted by atomic mass is 10.1. The number of carbonyl (C=O) groups excluding carboxylic acids is 1. The number of nitrogens with zero attached hydrogens (tertiary/aromatic N) is 1. The molecule has 1 heterocycles. The Morgan fingerprint density at radius 1 is 1.58 bits per heavy atom. The van der Waals surface area contributed by atoms with E-state index in [1.54, 1.807) is 25.3 Å². The van der Waals surface area contributed by atoms with Crippen molar-refractivity contribution in [3.8, 4) is 5.75 Å². The summed E-state index contributed by atoms with van der Waals surface area (Å²) in [7, 11) is 1.60. The third kappa shape index (κ3) is 4.40. The van der Waals surface area contributed by atoms with Crippen molar-refractivity contribution in [2.75, 3.05) is 26.0 Å². The van der Waals surface area contributed by atoms with E-state index in [9.17, 15) is 4.79 Å². The first kappa shape index (κ1) is 16.3. The molecule has 1 aliphatic heterocycles. The van der Waals surface area contributed by atoms with Crippen LogP contribution in [0.25, 0.3) is 0 Å². The molecule has 7 heteroatoms. The first-order valence-electron chi connectivity index (χ1n) is 5.48. The van der Waals surface area contributed by atoms with Gasteiger partial charge in [0, 0.05) is 12.1 Å². The van der Waals surface area contributed by atoms with Crippen molar-refractivity contribution < 1.29 is 9.53 Å². The summed E-state index contributed by atoms with van der Waals surface area (Å²) in [6, 6.07) is 5.34. The number of ketones is 1. The molecule has 0 saturated carbocycles. The summed E-state index contributed by atoms with van der Waals surface area (Å²) >= 11 is 4.82. The minimum atomic E-state index is 0. The highest BCUT2D eigenvalue weighted by molar-refractivity contribution is 9.10. The fraction of sp³-hybridized carbons (Fsp3) is 0.333. The molecule has 2 rings (SSSR count). The predicted octanol–water partition coefficient (Wildman–Crippen LogP) is 2.75. The first-order chi connectivity index (χ1) is 8.70. The number of halogens is 2. The summed E-state index contributed by atoms with van der Waals surface area (Å²) in [6.45, 7) is 1.66. The molecule has 0 bridgehead atoms. The molecule has 0 unspecified atom stereocenters. The Bertz CT molecular complexity index is 497. The van der Waals surface area contributed by atoms with Crippen molar-refractivity contribution in [1.29, 1.82) is 0 Å². The van der Waals surface area contributed by atoms with Crippen molar-refractivity contribution in [3.63, 3.8) is 0 Å². The van der Waals surface area contributed by atoms with Crippen LogP contribution in [0.1, 0.15) is 10.4 Å². The number of thioether (sulfide) groups is 1. The Morgan fingerprint density at radius 3 is 2.95 bits per heavy atom. The number of rotatable bonds is 4. The fourth-order valence-corrected chi connectivity index (χ4v) is 2.89. The highest BCUT2D eigenvalue weighted by Gasteiger charge is 2.12. The smallest absolute Gasteiger partial charge is 0.173 e. The van der Waals surface area contributed by atoms with Gasteiger partial charge in [0.25, 0.3) is 0 Å². The van der Waals surface area contributed by atoms with Gasteiger partial charge >= 0.3 is 0 Å². The summed E-state index contributed by atoms with van der Waals surface area (Å²) in [5, 5.41) is 3.98. The van der Waals surface area contributed by atoms with Gasteiger partial charge in [0.05, 0.1) is 23.9 Å². The molecule has 1 aromatic carbocycles. The van der Waals surface area contributed by atoms with Gasteiger partial charge in [-0.05, 0) is 34.1 Å². The van der Waals surface area contributed by atoms with Gasteiger partial charge in [-0.1, -0.05) is 11.8 Å². The van der Waals surface area contributed by atoms with E-state index in [4.69, 9.17) is 4.74 Å². The second kappa shape index (κ2) is 7.77. The van der Waals surface area contributed by atoms with Crippen LogP contribution in [0.5, 0.6) is 5.75 Å². The maximum Gasteiger partial charge on any atom is 0.173 e. The van der Waals surface area contributed by atoms with Gasteiger partial charge < -0.3 is 10.1 Å². The number of nitrogens with one attached hydrogen (secondary N) is 1. The second-order valence-corrected chi connectivity index (χ2v) is 5.49. The topological polar surface area (TPSA) is 50.7 Å². The molecule has 0 aromatic heterocycles. The van der Waals surface area contributed by atoms with E-state index in [0.717, 1.165) is 28.5 Å². The number of hydrogen-bond donors (Lipinski definition) is 1. The summed E-state index contributed by atoms with van der Waals surface area (Å²) in [6.07, 6.45) is 0. The lowest BCUT2D eigenvalue weighted by molar-refractivity contribution is 0.102. The molecule has 0 amide bonds. The van der Waals surface area contributed by atoms with Crippen molar-refractivity contribution in [1.82, 2.24) is 5.32 Å². The molecule has 1 aliphatic rings. The number of methoxy groups -OCH3 is 1. The summed E-state index contributed by atoms with van der Waals surface area (Å²) in [5.41, 5.74) is 0.675. The Kier molecular flexibility index (Phi) is 6.68. The number of ether oxygens (including phenoxy) is 1. The van der Waals surface area contributed by atoms with E-state index >= 15 is 0 Å². The van der Waals surface area contributed by atoms with E-state index in [1.165, 1.54) is 11.8 Å². The SMILES string of the molecule is COc1ccc(C(=O)CSC2=NCCN2)cc1Br.Cl. The molecule has 0 aliphatic carbocycles. The van der Waals surface area contributed by atoms with Crippen LogP contribution in [0, 0.1) is 0 Å². The van der Waals surface area contributed by atoms with Crippen LogP contribution in [0.2, 0.25) is 0 Å². The molecular formula is C12H14BrClN2O2S. The minimum Gasteiger partial charge on any atom is -0.496 e. The normalized spacial score (nSPS) is 13.3. The molecule has 0 spiro atoms. The molecule has 1 aromatic rings. The highest BCUT2D eigenvalue weighted by atomic mass is 79.9. The Morgan fingerprint density at radius 2 is 2.37 bits per heavy atom. The Labute approximate surface area is 130 Å². The van der Waals surface area contributed by atoms with Crippen molar-refractivity contribution in [2.24, 2.45) is 4.99 Å². The number of benzene rings is 1. The molecule has 19 heavy (non-hydrogen) atoms. The van der Waals surface area contributed by atoms with Crippen LogP contribution < -0.4 is 10.1 Å². The molecule has 0 atom stereocenters. The third-order valence-electron chi connectivity index (χ3n) is 2.46. The number of hydrogen-bond acceptors (Lipinski definition) is 5. The lowest BCUT2D eigenvalue weighted by Crippen LogP contribution is -2.17. The quantitative estimate of drug-likeness (QED) is 0.834. The third-order valence-corrected chi connectivity index (χ3v) is 4.03. The van der Waals surface area contributed by atoms with Gasteiger partial charge in [0.2, 0.25) is 0 Å². The van der Waals surface area contributed by atoms with Gasteiger partial charge in [0.1, 0.15) is 5.75 Å². The average molecular weight is 366 g/mol. The lowest BCUT2D eigenvalue weighted by Gasteiger charge is -2.06. The minimum absolute atomic E-state index is 0. The zero-order valence-electron chi connectivity index (χ0n) is 10.3. The number of Topliss-reactive ketones (excluding diaryl/α,β-unsaturated/α-hetero) is 1. The molecule has 0 saturated heterocycles. The van der Waals surface area contributed by atoms with Gasteiger partial charge in [-0.15, -0.1) is 12.4 Å². The molecule has 1 N–H and O–H groups in total. The molecule has 4 nitrogen and oxygen atoms in total. The van der Waals surface area contributed by atoms with Crippen LogP contribution in [-0.2, 0) is 0 Å². The maximum absolute atomic E-state index is 12.0. The summed E-state index contributed by atoms with van der Waals surface area (Å²) < 4.78 is 5.92. The molecule has 0 fully saturated rings. The second-order valence-electron chi connectivity index (χ2n) is 3.67. The van der Waals surface area contributed by atoms with Gasteiger partial charge in [-0.25, -0.2) is 0 Å². The highest BCUT2D eigenvalue weighted by Crippen LogP contribution is 2.26. The van der Waals surface area contributed by atoms with Crippen molar-refractivity contribution >= 4 is 51.0 Å². The fourth-order valence-electron chi connectivity index (χ4n) is 1.53. The summed E-state index contributed by atoms with van der Waals surface area (Å²) in [4.78, 5) is 16.2. The zero-order chi connectivity index (χ0) is 13.0. The van der Waals surface area contributed by atoms with Gasteiger partial charge in [-0.3, -0.25) is 9.79 Å². The Hall–Kier alpha value is -0.720. The van der Waals surface area contributed by atoms with E-state index in [1.807, 2.05) is 0 Å². The van der Waals surface area contributed by atoms with E-state index in [-0.39, 0.29) is 18.2 Å². The van der Waals surface area contributed by atoms with Crippen LogP contribution in [0.3, 0.4) is 0 Å². The van der Waals surface area contributed by atoms with Gasteiger partial charge in [-0.2, -0.15) is 0 Å².